The smallest absolute Gasteiger partial charge is 0.233 e. The number of benzene rings is 1. The zero-order valence-electron chi connectivity index (χ0n) is 12.6. The third kappa shape index (κ3) is 4.04. The van der Waals surface area contributed by atoms with Crippen molar-refractivity contribution in [3.63, 3.8) is 0 Å². The molecule has 128 valence electrons. The Balaban J connectivity index is 1.65. The first-order valence-corrected chi connectivity index (χ1v) is 8.90. The molecule has 0 bridgehead atoms. The van der Waals surface area contributed by atoms with Crippen LogP contribution in [0.1, 0.15) is 12.0 Å². The van der Waals surface area contributed by atoms with Gasteiger partial charge in [0.05, 0.1) is 12.3 Å². The van der Waals surface area contributed by atoms with Crippen molar-refractivity contribution in [3.05, 3.63) is 53.7 Å². The predicted octanol–water partition coefficient (Wildman–Crippen LogP) is 1.74. The van der Waals surface area contributed by atoms with Gasteiger partial charge in [-0.2, -0.15) is 9.40 Å². The summed E-state index contributed by atoms with van der Waals surface area (Å²) < 4.78 is 58.1. The Kier molecular flexibility index (Phi) is 4.72. The summed E-state index contributed by atoms with van der Waals surface area (Å²) >= 11 is 0. The van der Waals surface area contributed by atoms with Gasteiger partial charge in [0, 0.05) is 24.9 Å². The Hall–Kier alpha value is -2.13. The molecule has 0 amide bonds. The average Bonchev–Trinajstić information content (AvgIpc) is 2.96. The second kappa shape index (κ2) is 6.78. The molecule has 1 saturated heterocycles. The highest BCUT2D eigenvalue weighted by Crippen LogP contribution is 2.21. The van der Waals surface area contributed by atoms with Crippen LogP contribution in [0.25, 0.3) is 0 Å². The monoisotopic (exact) mass is 355 g/mol. The Labute approximate surface area is 138 Å². The van der Waals surface area contributed by atoms with Gasteiger partial charge in [-0.05, 0) is 30.2 Å². The molecule has 1 aliphatic rings. The van der Waals surface area contributed by atoms with Crippen LogP contribution in [0.3, 0.4) is 0 Å². The molecule has 24 heavy (non-hydrogen) atoms. The molecule has 0 unspecified atom stereocenters. The lowest BCUT2D eigenvalue weighted by Gasteiger charge is -2.17. The van der Waals surface area contributed by atoms with Crippen molar-refractivity contribution in [2.45, 2.75) is 18.3 Å². The maximum absolute atomic E-state index is 13.2. The Bertz CT molecular complexity index is 798. The summed E-state index contributed by atoms with van der Waals surface area (Å²) in [6.45, 7) is 0.446. The molecule has 6 nitrogen and oxygen atoms in total. The molecule has 0 saturated carbocycles. The van der Waals surface area contributed by atoms with E-state index in [1.165, 1.54) is 10.5 Å². The van der Waals surface area contributed by atoms with E-state index >= 15 is 0 Å². The third-order valence-electron chi connectivity index (χ3n) is 3.61. The molecular weight excluding hydrogens is 340 g/mol. The molecule has 0 N–H and O–H groups in total. The summed E-state index contributed by atoms with van der Waals surface area (Å²) in [5, 5.41) is 7.48. The molecule has 9 heteroatoms. The Morgan fingerprint density at radius 3 is 2.67 bits per heavy atom. The molecule has 1 aromatic heterocycles. The standard InChI is InChI=1S/C15H15F2N3O3S/c16-12-6-11(7-13(17)8-12)10-24(21,22)20-5-3-14(9-20)23-15-2-1-4-18-19-15/h1-2,4,6-8,14H,3,5,9-10H2/t14-/m0/s1. The van der Waals surface area contributed by atoms with Crippen LogP contribution in [0, 0.1) is 11.6 Å². The largest absolute Gasteiger partial charge is 0.472 e. The van der Waals surface area contributed by atoms with Gasteiger partial charge in [-0.15, -0.1) is 5.10 Å². The van der Waals surface area contributed by atoms with Crippen LogP contribution in [0.15, 0.2) is 36.5 Å². The van der Waals surface area contributed by atoms with E-state index in [1.807, 2.05) is 0 Å². The van der Waals surface area contributed by atoms with Gasteiger partial charge in [0.2, 0.25) is 15.9 Å². The van der Waals surface area contributed by atoms with Gasteiger partial charge < -0.3 is 4.74 Å². The van der Waals surface area contributed by atoms with E-state index in [9.17, 15) is 17.2 Å². The molecule has 0 aliphatic carbocycles. The topological polar surface area (TPSA) is 72.4 Å². The molecule has 1 atom stereocenters. The molecule has 2 heterocycles. The fourth-order valence-corrected chi connectivity index (χ4v) is 4.11. The van der Waals surface area contributed by atoms with Gasteiger partial charge in [-0.3, -0.25) is 0 Å². The number of hydrogen-bond acceptors (Lipinski definition) is 5. The SMILES string of the molecule is O=S(=O)(Cc1cc(F)cc(F)c1)N1CC[C@H](Oc2cccnn2)C1. The lowest BCUT2D eigenvalue weighted by atomic mass is 10.2. The van der Waals surface area contributed by atoms with E-state index in [-0.39, 0.29) is 24.8 Å². The minimum atomic E-state index is -3.69. The van der Waals surface area contributed by atoms with Gasteiger partial charge in [0.15, 0.2) is 0 Å². The molecule has 1 aromatic carbocycles. The van der Waals surface area contributed by atoms with E-state index in [2.05, 4.69) is 10.2 Å². The van der Waals surface area contributed by atoms with Gasteiger partial charge in [0.25, 0.3) is 0 Å². The number of hydrogen-bond donors (Lipinski definition) is 0. The third-order valence-corrected chi connectivity index (χ3v) is 5.42. The van der Waals surface area contributed by atoms with Crippen LogP contribution in [-0.2, 0) is 15.8 Å². The van der Waals surface area contributed by atoms with Crippen LogP contribution in [-0.4, -0.2) is 42.1 Å². The lowest BCUT2D eigenvalue weighted by molar-refractivity contribution is 0.204. The Morgan fingerprint density at radius 1 is 1.25 bits per heavy atom. The summed E-state index contributed by atoms with van der Waals surface area (Å²) in [6.07, 6.45) is 1.68. The second-order valence-electron chi connectivity index (χ2n) is 5.48. The number of ether oxygens (including phenoxy) is 1. The van der Waals surface area contributed by atoms with Gasteiger partial charge in [0.1, 0.15) is 17.7 Å². The highest BCUT2D eigenvalue weighted by molar-refractivity contribution is 7.88. The molecule has 2 aromatic rings. The molecule has 1 aliphatic heterocycles. The summed E-state index contributed by atoms with van der Waals surface area (Å²) in [5.41, 5.74) is 0.0748. The normalized spacial score (nSPS) is 18.7. The van der Waals surface area contributed by atoms with Crippen molar-refractivity contribution < 1.29 is 21.9 Å². The average molecular weight is 355 g/mol. The predicted molar refractivity (Wildman–Crippen MR) is 81.6 cm³/mol. The first-order chi connectivity index (χ1) is 11.4. The first kappa shape index (κ1) is 16.7. The second-order valence-corrected chi connectivity index (χ2v) is 7.45. The summed E-state index contributed by atoms with van der Waals surface area (Å²) in [7, 11) is -3.69. The highest BCUT2D eigenvalue weighted by Gasteiger charge is 2.33. The van der Waals surface area contributed by atoms with Crippen LogP contribution >= 0.6 is 0 Å². The van der Waals surface area contributed by atoms with E-state index in [0.29, 0.717) is 18.4 Å². The Morgan fingerprint density at radius 2 is 2.00 bits per heavy atom. The molecule has 0 spiro atoms. The fourth-order valence-electron chi connectivity index (χ4n) is 2.56. The molecule has 1 fully saturated rings. The van der Waals surface area contributed by atoms with Gasteiger partial charge in [-0.25, -0.2) is 17.2 Å². The summed E-state index contributed by atoms with van der Waals surface area (Å²) in [4.78, 5) is 0. The van der Waals surface area contributed by atoms with E-state index < -0.39 is 27.4 Å². The highest BCUT2D eigenvalue weighted by atomic mass is 32.2. The number of sulfonamides is 1. The minimum Gasteiger partial charge on any atom is -0.472 e. The molecular formula is C15H15F2N3O3S. The maximum atomic E-state index is 13.2. The van der Waals surface area contributed by atoms with Gasteiger partial charge >= 0.3 is 0 Å². The molecule has 3 rings (SSSR count). The van der Waals surface area contributed by atoms with Crippen molar-refractivity contribution in [2.24, 2.45) is 0 Å². The zero-order valence-corrected chi connectivity index (χ0v) is 13.4. The van der Waals surface area contributed by atoms with Crippen LogP contribution in [0.4, 0.5) is 8.78 Å². The van der Waals surface area contributed by atoms with E-state index in [4.69, 9.17) is 4.74 Å². The quantitative estimate of drug-likeness (QED) is 0.817. The van der Waals surface area contributed by atoms with Crippen molar-refractivity contribution in [1.29, 1.82) is 0 Å². The van der Waals surface area contributed by atoms with Crippen molar-refractivity contribution >= 4 is 10.0 Å². The number of aromatic nitrogens is 2. The van der Waals surface area contributed by atoms with Crippen molar-refractivity contribution in [2.75, 3.05) is 13.1 Å². The summed E-state index contributed by atoms with van der Waals surface area (Å²) in [6, 6.07) is 6.05. The minimum absolute atomic E-state index is 0.0748. The van der Waals surface area contributed by atoms with Crippen LogP contribution in [0.2, 0.25) is 0 Å². The zero-order chi connectivity index (χ0) is 17.2. The maximum Gasteiger partial charge on any atom is 0.233 e. The van der Waals surface area contributed by atoms with Crippen molar-refractivity contribution in [1.82, 2.24) is 14.5 Å². The lowest BCUT2D eigenvalue weighted by Crippen LogP contribution is -2.32. The number of halogens is 2. The fraction of sp³-hybridized carbons (Fsp3) is 0.333. The van der Waals surface area contributed by atoms with E-state index in [0.717, 1.165) is 12.1 Å². The number of nitrogens with zero attached hydrogens (tertiary/aromatic N) is 3. The van der Waals surface area contributed by atoms with Crippen LogP contribution < -0.4 is 4.74 Å². The summed E-state index contributed by atoms with van der Waals surface area (Å²) in [5.74, 6) is -1.73. The van der Waals surface area contributed by atoms with Crippen LogP contribution in [0.5, 0.6) is 5.88 Å². The first-order valence-electron chi connectivity index (χ1n) is 7.29. The van der Waals surface area contributed by atoms with Crippen molar-refractivity contribution in [3.8, 4) is 5.88 Å². The van der Waals surface area contributed by atoms with Gasteiger partial charge in [-0.1, -0.05) is 0 Å². The molecule has 0 radical (unpaired) electrons. The van der Waals surface area contributed by atoms with E-state index in [1.54, 1.807) is 12.1 Å². The number of rotatable bonds is 5.